The van der Waals surface area contributed by atoms with Crippen molar-refractivity contribution >= 4 is 10.0 Å². The maximum atomic E-state index is 13.0. The summed E-state index contributed by atoms with van der Waals surface area (Å²) in [5.74, 6) is 0. The predicted molar refractivity (Wildman–Crippen MR) is 109 cm³/mol. The van der Waals surface area contributed by atoms with E-state index in [2.05, 4.69) is 4.72 Å². The fourth-order valence-electron chi connectivity index (χ4n) is 3.25. The standard InChI is InChI=1S/C22H24N2O2S/c1-24(2)22(19-14-8-4-9-15-19)21(18-12-6-3-7-13-18)23-27(25,26)20-16-10-5-11-17-20/h3-17,21-23H,1-2H3/t21-,22-/m1/s1. The van der Waals surface area contributed by atoms with Crippen molar-refractivity contribution in [1.29, 1.82) is 0 Å². The van der Waals surface area contributed by atoms with E-state index in [0.29, 0.717) is 0 Å². The Kier molecular flexibility index (Phi) is 6.06. The summed E-state index contributed by atoms with van der Waals surface area (Å²) in [7, 11) is 0.255. The molecule has 0 spiro atoms. The molecule has 0 heterocycles. The summed E-state index contributed by atoms with van der Waals surface area (Å²) in [6.07, 6.45) is 0. The van der Waals surface area contributed by atoms with E-state index in [-0.39, 0.29) is 10.9 Å². The molecule has 0 bridgehead atoms. The second kappa shape index (κ2) is 8.48. The van der Waals surface area contributed by atoms with E-state index >= 15 is 0 Å². The van der Waals surface area contributed by atoms with Crippen LogP contribution in [0, 0.1) is 0 Å². The van der Waals surface area contributed by atoms with Gasteiger partial charge in [0, 0.05) is 0 Å². The van der Waals surface area contributed by atoms with Crippen molar-refractivity contribution < 1.29 is 8.42 Å². The zero-order chi connectivity index (χ0) is 19.3. The molecule has 1 N–H and O–H groups in total. The Balaban J connectivity index is 2.06. The average molecular weight is 381 g/mol. The lowest BCUT2D eigenvalue weighted by atomic mass is 9.93. The van der Waals surface area contributed by atoms with Gasteiger partial charge in [0.1, 0.15) is 0 Å². The Morgan fingerprint density at radius 1 is 0.704 bits per heavy atom. The summed E-state index contributed by atoms with van der Waals surface area (Å²) >= 11 is 0. The van der Waals surface area contributed by atoms with Crippen molar-refractivity contribution in [1.82, 2.24) is 9.62 Å². The highest BCUT2D eigenvalue weighted by Crippen LogP contribution is 2.34. The van der Waals surface area contributed by atoms with Crippen molar-refractivity contribution in [3.8, 4) is 0 Å². The molecule has 3 aromatic rings. The molecule has 4 nitrogen and oxygen atoms in total. The molecule has 3 aromatic carbocycles. The van der Waals surface area contributed by atoms with Crippen molar-refractivity contribution in [3.63, 3.8) is 0 Å². The highest BCUT2D eigenvalue weighted by atomic mass is 32.2. The summed E-state index contributed by atoms with van der Waals surface area (Å²) in [5, 5.41) is 0. The van der Waals surface area contributed by atoms with Gasteiger partial charge < -0.3 is 4.90 Å². The highest BCUT2D eigenvalue weighted by Gasteiger charge is 2.31. The van der Waals surface area contributed by atoms with Crippen LogP contribution in [0.2, 0.25) is 0 Å². The van der Waals surface area contributed by atoms with E-state index in [9.17, 15) is 8.42 Å². The minimum Gasteiger partial charge on any atom is -0.301 e. The van der Waals surface area contributed by atoms with E-state index in [1.54, 1.807) is 30.3 Å². The molecule has 0 aliphatic rings. The molecule has 0 aliphatic carbocycles. The first kappa shape index (κ1) is 19.3. The summed E-state index contributed by atoms with van der Waals surface area (Å²) in [6, 6.07) is 27.5. The van der Waals surface area contributed by atoms with Crippen LogP contribution in [0.25, 0.3) is 0 Å². The topological polar surface area (TPSA) is 49.4 Å². The third-order valence-electron chi connectivity index (χ3n) is 4.51. The van der Waals surface area contributed by atoms with E-state index in [0.717, 1.165) is 11.1 Å². The number of sulfonamides is 1. The van der Waals surface area contributed by atoms with Gasteiger partial charge in [-0.3, -0.25) is 0 Å². The number of likely N-dealkylation sites (N-methyl/N-ethyl adjacent to an activating group) is 1. The summed E-state index contributed by atoms with van der Waals surface area (Å²) in [5.41, 5.74) is 1.96. The first-order valence-corrected chi connectivity index (χ1v) is 10.3. The summed E-state index contributed by atoms with van der Waals surface area (Å²) in [4.78, 5) is 2.30. The third-order valence-corrected chi connectivity index (χ3v) is 5.96. The van der Waals surface area contributed by atoms with Gasteiger partial charge in [-0.1, -0.05) is 78.9 Å². The van der Waals surface area contributed by atoms with Crippen LogP contribution in [0.5, 0.6) is 0 Å². The average Bonchev–Trinajstić information content (AvgIpc) is 2.69. The van der Waals surface area contributed by atoms with E-state index in [1.807, 2.05) is 79.7 Å². The van der Waals surface area contributed by atoms with Gasteiger partial charge in [-0.25, -0.2) is 13.1 Å². The minimum absolute atomic E-state index is 0.160. The maximum absolute atomic E-state index is 13.0. The van der Waals surface area contributed by atoms with Gasteiger partial charge >= 0.3 is 0 Å². The van der Waals surface area contributed by atoms with Gasteiger partial charge in [0.25, 0.3) is 0 Å². The summed E-state index contributed by atoms with van der Waals surface area (Å²) < 4.78 is 29.0. The molecular weight excluding hydrogens is 356 g/mol. The van der Waals surface area contributed by atoms with Crippen molar-refractivity contribution in [2.75, 3.05) is 14.1 Å². The monoisotopic (exact) mass is 380 g/mol. The van der Waals surface area contributed by atoms with Gasteiger partial charge in [0.15, 0.2) is 0 Å². The fourth-order valence-corrected chi connectivity index (χ4v) is 4.50. The first-order chi connectivity index (χ1) is 13.0. The second-order valence-corrected chi connectivity index (χ2v) is 8.36. The third kappa shape index (κ3) is 4.63. The number of hydrogen-bond acceptors (Lipinski definition) is 3. The molecule has 0 saturated carbocycles. The smallest absolute Gasteiger partial charge is 0.241 e. The van der Waals surface area contributed by atoms with Gasteiger partial charge in [-0.15, -0.1) is 0 Å². The van der Waals surface area contributed by atoms with Crippen molar-refractivity contribution in [2.45, 2.75) is 17.0 Å². The number of nitrogens with zero attached hydrogens (tertiary/aromatic N) is 1. The lowest BCUT2D eigenvalue weighted by Crippen LogP contribution is -2.38. The molecule has 0 radical (unpaired) electrons. The second-order valence-electron chi connectivity index (χ2n) is 6.64. The van der Waals surface area contributed by atoms with Crippen LogP contribution in [0.15, 0.2) is 95.9 Å². The van der Waals surface area contributed by atoms with Crippen LogP contribution >= 0.6 is 0 Å². The van der Waals surface area contributed by atoms with Crippen LogP contribution in [0.1, 0.15) is 23.2 Å². The largest absolute Gasteiger partial charge is 0.301 e. The maximum Gasteiger partial charge on any atom is 0.241 e. The Labute approximate surface area is 161 Å². The highest BCUT2D eigenvalue weighted by molar-refractivity contribution is 7.89. The molecule has 5 heteroatoms. The van der Waals surface area contributed by atoms with Crippen LogP contribution in [0.3, 0.4) is 0 Å². The minimum atomic E-state index is -3.67. The molecule has 3 rings (SSSR count). The van der Waals surface area contributed by atoms with Gasteiger partial charge in [-0.05, 0) is 37.4 Å². The Morgan fingerprint density at radius 2 is 1.15 bits per heavy atom. The van der Waals surface area contributed by atoms with E-state index in [4.69, 9.17) is 0 Å². The van der Waals surface area contributed by atoms with E-state index in [1.165, 1.54) is 0 Å². The molecule has 27 heavy (non-hydrogen) atoms. The Hall–Kier alpha value is -2.47. The molecule has 0 aliphatic heterocycles. The molecule has 0 aromatic heterocycles. The lowest BCUT2D eigenvalue weighted by Gasteiger charge is -2.33. The first-order valence-electron chi connectivity index (χ1n) is 8.83. The Morgan fingerprint density at radius 3 is 1.63 bits per heavy atom. The van der Waals surface area contributed by atoms with Crippen molar-refractivity contribution in [3.05, 3.63) is 102 Å². The molecule has 0 saturated heterocycles. The lowest BCUT2D eigenvalue weighted by molar-refractivity contribution is 0.248. The zero-order valence-electron chi connectivity index (χ0n) is 15.5. The van der Waals surface area contributed by atoms with Gasteiger partial charge in [-0.2, -0.15) is 0 Å². The number of benzene rings is 3. The van der Waals surface area contributed by atoms with E-state index < -0.39 is 16.1 Å². The number of rotatable bonds is 7. The van der Waals surface area contributed by atoms with Crippen LogP contribution in [0.4, 0.5) is 0 Å². The van der Waals surface area contributed by atoms with Crippen LogP contribution in [-0.4, -0.2) is 27.4 Å². The molecule has 0 unspecified atom stereocenters. The van der Waals surface area contributed by atoms with Crippen LogP contribution < -0.4 is 4.72 Å². The molecular formula is C22H24N2O2S. The number of nitrogens with one attached hydrogen (secondary N) is 1. The molecule has 2 atom stereocenters. The zero-order valence-corrected chi connectivity index (χ0v) is 16.3. The Bertz CT molecular complexity index is 943. The SMILES string of the molecule is CN(C)[C@H](c1ccccc1)[C@H](NS(=O)(=O)c1ccccc1)c1ccccc1. The number of hydrogen-bond donors (Lipinski definition) is 1. The van der Waals surface area contributed by atoms with Crippen LogP contribution in [-0.2, 0) is 10.0 Å². The molecule has 140 valence electrons. The quantitative estimate of drug-likeness (QED) is 0.674. The fraction of sp³-hybridized carbons (Fsp3) is 0.182. The predicted octanol–water partition coefficient (Wildman–Crippen LogP) is 4.01. The normalized spacial score (nSPS) is 14.0. The molecule has 0 amide bonds. The summed E-state index contributed by atoms with van der Waals surface area (Å²) in [6.45, 7) is 0. The van der Waals surface area contributed by atoms with Gasteiger partial charge in [0.2, 0.25) is 10.0 Å². The van der Waals surface area contributed by atoms with Crippen molar-refractivity contribution in [2.24, 2.45) is 0 Å². The molecule has 0 fully saturated rings. The van der Waals surface area contributed by atoms with Gasteiger partial charge in [0.05, 0.1) is 17.0 Å².